The second kappa shape index (κ2) is 10.9. The maximum atomic E-state index is 8.24. The quantitative estimate of drug-likeness (QED) is 0.205. The molecule has 0 atom stereocenters. The van der Waals surface area contributed by atoms with Crippen LogP contribution in [0.25, 0.3) is 0 Å². The average molecular weight is 596 g/mol. The first kappa shape index (κ1) is 28.0. The first-order chi connectivity index (χ1) is 7.72. The summed E-state index contributed by atoms with van der Waals surface area (Å²) in [6.45, 7) is 0.500. The summed E-state index contributed by atoms with van der Waals surface area (Å²) in [6.07, 6.45) is -2.43. The van der Waals surface area contributed by atoms with Crippen LogP contribution in [0, 0.1) is 0 Å². The van der Waals surface area contributed by atoms with E-state index in [1.54, 1.807) is 0 Å². The summed E-state index contributed by atoms with van der Waals surface area (Å²) in [5, 5.41) is -0.591. The molecule has 0 aromatic rings. The standard InChI is InChI=1S/CHO2.CHS14.Y/c2-1-3;2-1-12(3,4)14(8,9)15(10,11)13(5,6)7;/h(H,2,3);(H,5,6,7);/q2*-1;. The Kier molecular flexibility index (Phi) is 16.1. The molecule has 2 nitrogen and oxygen atoms in total. The van der Waals surface area contributed by atoms with Gasteiger partial charge in [-0.25, -0.2) is 0 Å². The molecule has 0 fully saturated rings. The molecule has 0 aliphatic carbocycles. The Morgan fingerprint density at radius 2 is 1.16 bits per heavy atom. The molecule has 0 amide bonds. The van der Waals surface area contributed by atoms with Crippen molar-refractivity contribution < 1.29 is 42.6 Å². The van der Waals surface area contributed by atoms with Gasteiger partial charge in [0.1, 0.15) is 0 Å². The van der Waals surface area contributed by atoms with Crippen molar-refractivity contribution in [3.05, 3.63) is 0 Å². The number of hydrogen-bond acceptors (Lipinski definition) is 10. The van der Waals surface area contributed by atoms with E-state index in [1.165, 1.54) is 0 Å². The molecule has 0 aromatic heterocycles. The van der Waals surface area contributed by atoms with E-state index in [2.05, 4.69) is 28.6 Å². The van der Waals surface area contributed by atoms with Gasteiger partial charge in [0.05, 0.1) is 0 Å². The zero-order chi connectivity index (χ0) is 15.4. The fourth-order valence-corrected chi connectivity index (χ4v) is 48.9. The van der Waals surface area contributed by atoms with Gasteiger partial charge < -0.3 is 26.8 Å². The fourth-order valence-electron chi connectivity index (χ4n) is 0.257. The van der Waals surface area contributed by atoms with Gasteiger partial charge >= 0.3 is 0 Å². The van der Waals surface area contributed by atoms with Gasteiger partial charge in [0.15, 0.2) is 0 Å². The molecule has 0 saturated carbocycles. The molecule has 0 heterocycles. The van der Waals surface area contributed by atoms with E-state index < -0.39 is 21.8 Å². The summed E-state index contributed by atoms with van der Waals surface area (Å²) < 4.78 is 2.36. The summed E-state index contributed by atoms with van der Waals surface area (Å²) in [4.78, 5) is 8.24. The first-order valence-electron chi connectivity index (χ1n) is 2.85. The van der Waals surface area contributed by atoms with Crippen molar-refractivity contribution in [2.24, 2.45) is 0 Å². The SMILES string of the molecule is O=[C-]O.S=[C-]S(=S)(=S)S(=S)(=S)S(=S)(=S)S(=S)(=S)S.[Y]. The molecule has 111 valence electrons. The van der Waals surface area contributed by atoms with Crippen molar-refractivity contribution >= 4 is 146 Å². The third-order valence-corrected chi connectivity index (χ3v) is 60.2. The Bertz CT molecular complexity index is 713. The molecular formula is C2H2O2S14Y-2. The molecular weight excluding hydrogens is 594 g/mol. The molecule has 0 saturated heterocycles. The molecule has 1 radical (unpaired) electrons. The van der Waals surface area contributed by atoms with Gasteiger partial charge in [-0.3, -0.25) is 0 Å². The predicted molar refractivity (Wildman–Crippen MR) is 118 cm³/mol. The fraction of sp³-hybridized carbons (Fsp3) is 0. The van der Waals surface area contributed by atoms with E-state index in [0.29, 0.717) is 6.47 Å². The van der Waals surface area contributed by atoms with E-state index in [0.717, 1.165) is 0 Å². The molecule has 0 spiro atoms. The molecule has 0 unspecified atom stereocenters. The number of thiol groups is 1. The van der Waals surface area contributed by atoms with E-state index in [1.807, 2.05) is 0 Å². The van der Waals surface area contributed by atoms with Crippen molar-refractivity contribution in [1.82, 2.24) is 0 Å². The maximum absolute atomic E-state index is 8.24. The molecule has 0 aliphatic heterocycles. The van der Waals surface area contributed by atoms with Crippen LogP contribution in [-0.2, 0) is 149 Å². The second-order valence-electron chi connectivity index (χ2n) is 1.87. The Morgan fingerprint density at radius 1 is 0.895 bits per heavy atom. The zero-order valence-electron chi connectivity index (χ0n) is 8.19. The van der Waals surface area contributed by atoms with Crippen molar-refractivity contribution in [3.8, 4) is 0 Å². The zero-order valence-corrected chi connectivity index (χ0v) is 22.5. The number of thiocarbonyl (C=S) groups is 1. The van der Waals surface area contributed by atoms with Gasteiger partial charge in [0.2, 0.25) is 0 Å². The van der Waals surface area contributed by atoms with Crippen LogP contribution in [0.15, 0.2) is 0 Å². The van der Waals surface area contributed by atoms with Crippen molar-refractivity contribution in [1.29, 1.82) is 0 Å². The van der Waals surface area contributed by atoms with Crippen LogP contribution in [0.4, 0.5) is 0 Å². The van der Waals surface area contributed by atoms with Crippen LogP contribution in [-0.4, -0.2) is 16.3 Å². The minimum absolute atomic E-state index is 0. The van der Waals surface area contributed by atoms with Crippen LogP contribution in [0.1, 0.15) is 0 Å². The average Bonchev–Trinajstić information content (AvgIpc) is 2.16. The van der Waals surface area contributed by atoms with E-state index in [-0.39, 0.29) is 32.7 Å². The summed E-state index contributed by atoms with van der Waals surface area (Å²) in [7, 11) is 0. The third kappa shape index (κ3) is 7.73. The molecule has 0 bridgehead atoms. The summed E-state index contributed by atoms with van der Waals surface area (Å²) in [5.41, 5.74) is 0. The summed E-state index contributed by atoms with van der Waals surface area (Å²) in [5.74, 6) is 0. The van der Waals surface area contributed by atoms with Gasteiger partial charge in [-0.05, 0) is 67.1 Å². The maximum Gasteiger partial charge on any atom is 0.0409 e. The van der Waals surface area contributed by atoms with Gasteiger partial charge in [-0.1, -0.05) is 40.5 Å². The Balaban J connectivity index is -0.000000580. The Labute approximate surface area is 185 Å². The third-order valence-electron chi connectivity index (χ3n) is 0.879. The Morgan fingerprint density at radius 3 is 1.32 bits per heavy atom. The first-order valence-corrected chi connectivity index (χ1v) is 19.8. The minimum Gasteiger partial charge on any atom is -0.665 e. The van der Waals surface area contributed by atoms with Crippen molar-refractivity contribution in [2.45, 2.75) is 0 Å². The van der Waals surface area contributed by atoms with E-state index in [9.17, 15) is 0 Å². The number of aliphatic hydroxyl groups excluding tert-OH is 1. The van der Waals surface area contributed by atoms with Crippen LogP contribution in [0.2, 0.25) is 0 Å². The van der Waals surface area contributed by atoms with Gasteiger partial charge in [-0.2, -0.15) is 0 Å². The predicted octanol–water partition coefficient (Wildman–Crippen LogP) is 0.331. The molecule has 0 aliphatic rings. The molecule has 0 rings (SSSR count). The minimum atomic E-state index is -2.52. The van der Waals surface area contributed by atoms with Gasteiger partial charge in [0, 0.05) is 48.3 Å². The largest absolute Gasteiger partial charge is 0.665 e. The van der Waals surface area contributed by atoms with Crippen LogP contribution in [0.5, 0.6) is 0 Å². The summed E-state index contributed by atoms with van der Waals surface area (Å²) in [6, 6.07) is 0. The van der Waals surface area contributed by atoms with Crippen LogP contribution < -0.4 is 0 Å². The summed E-state index contributed by atoms with van der Waals surface area (Å²) >= 11 is 49.8. The molecule has 19 heavy (non-hydrogen) atoms. The van der Waals surface area contributed by atoms with Crippen LogP contribution >= 0.6 is 23.9 Å². The topological polar surface area (TPSA) is 37.3 Å². The smallest absolute Gasteiger partial charge is 0.0409 e. The molecule has 0 aromatic carbocycles. The second-order valence-corrected chi connectivity index (χ2v) is 42.2. The van der Waals surface area contributed by atoms with E-state index >= 15 is 0 Å². The Hall–Kier alpha value is 4.17. The monoisotopic (exact) mass is 595 g/mol. The molecule has 1 N–H and O–H groups in total. The molecule has 17 heteroatoms. The number of rotatable bonds is 4. The van der Waals surface area contributed by atoms with Gasteiger partial charge in [-0.15, -0.1) is 6.18 Å². The van der Waals surface area contributed by atoms with Crippen molar-refractivity contribution in [2.75, 3.05) is 0 Å². The van der Waals surface area contributed by atoms with Gasteiger partial charge in [0.25, 0.3) is 0 Å². The van der Waals surface area contributed by atoms with Crippen molar-refractivity contribution in [3.63, 3.8) is 0 Å². The number of hydrogen-bond donors (Lipinski definition) is 2. The van der Waals surface area contributed by atoms with Crippen LogP contribution in [0.3, 0.4) is 0 Å². The van der Waals surface area contributed by atoms with E-state index in [4.69, 9.17) is 99.4 Å². The normalized spacial score (nSPS) is 12.3.